The third kappa shape index (κ3) is 4.21. The van der Waals surface area contributed by atoms with E-state index < -0.39 is 12.0 Å². The second-order valence-electron chi connectivity index (χ2n) is 7.73. The first-order valence-corrected chi connectivity index (χ1v) is 11.4. The molecule has 32 heavy (non-hydrogen) atoms. The molecule has 2 heterocycles. The van der Waals surface area contributed by atoms with Crippen LogP contribution in [0.15, 0.2) is 45.6 Å². The van der Waals surface area contributed by atoms with E-state index in [0.29, 0.717) is 29.2 Å². The predicted octanol–water partition coefficient (Wildman–Crippen LogP) is 3.51. The van der Waals surface area contributed by atoms with Gasteiger partial charge in [0.05, 0.1) is 45.1 Å². The zero-order valence-electron chi connectivity index (χ0n) is 18.6. The number of aliphatic imine (C=N–C) groups is 1. The highest BCUT2D eigenvalue weighted by Gasteiger charge is 2.42. The average molecular weight is 458 g/mol. The molecule has 0 radical (unpaired) electrons. The zero-order chi connectivity index (χ0) is 22.8. The first kappa shape index (κ1) is 22.3. The number of rotatable bonds is 8. The Balaban J connectivity index is 1.78. The maximum atomic E-state index is 12.9. The molecule has 1 unspecified atom stereocenters. The van der Waals surface area contributed by atoms with Gasteiger partial charge in [0.25, 0.3) is 0 Å². The Morgan fingerprint density at radius 2 is 1.94 bits per heavy atom. The number of fused-ring (bicyclic) bond motifs is 1. The van der Waals surface area contributed by atoms with Crippen LogP contribution in [0.25, 0.3) is 0 Å². The summed E-state index contributed by atoms with van der Waals surface area (Å²) in [5, 5.41) is 5.71. The number of hydrogen-bond acceptors (Lipinski definition) is 8. The summed E-state index contributed by atoms with van der Waals surface area (Å²) in [5.74, 6) is 0.676. The van der Waals surface area contributed by atoms with Crippen LogP contribution in [0.4, 0.5) is 0 Å². The molecule has 1 aromatic rings. The summed E-state index contributed by atoms with van der Waals surface area (Å²) in [6.07, 6.45) is 2.84. The van der Waals surface area contributed by atoms with E-state index in [1.165, 1.54) is 18.9 Å². The second-order valence-corrected chi connectivity index (χ2v) is 8.57. The smallest absolute Gasteiger partial charge is 0.338 e. The average Bonchev–Trinajstić information content (AvgIpc) is 3.54. The number of allylic oxidation sites excluding steroid dienone is 1. The van der Waals surface area contributed by atoms with Crippen molar-refractivity contribution in [1.29, 1.82) is 0 Å². The number of methoxy groups -OCH3 is 3. The molecule has 170 valence electrons. The maximum absolute atomic E-state index is 12.9. The molecule has 4 rings (SSSR count). The van der Waals surface area contributed by atoms with E-state index >= 15 is 0 Å². The van der Waals surface area contributed by atoms with Crippen molar-refractivity contribution in [1.82, 2.24) is 10.2 Å². The Morgan fingerprint density at radius 3 is 2.56 bits per heavy atom. The molecular formula is C23H27N3O5S. The number of hydrogen-bond donors (Lipinski definition) is 1. The fourth-order valence-corrected chi connectivity index (χ4v) is 4.86. The standard InChI is InChI=1S/C23H27N3O5S/c1-5-16-20(22(28)31-4)21(13-6-9-17(29-2)18(10-13)30-3)26-15(12-32-23(26)25-16)11-19(27)24-14-7-8-14/h6,9-10,12,14,21H,5,7-8,11H2,1-4H3,(H,24,27). The number of carbonyl (C=O) groups excluding carboxylic acids is 2. The number of nitrogens with one attached hydrogen (secondary N) is 1. The lowest BCUT2D eigenvalue weighted by Gasteiger charge is -2.36. The maximum Gasteiger partial charge on any atom is 0.338 e. The Labute approximate surface area is 191 Å². The van der Waals surface area contributed by atoms with Gasteiger partial charge in [-0.3, -0.25) is 4.79 Å². The van der Waals surface area contributed by atoms with Gasteiger partial charge in [0.15, 0.2) is 16.7 Å². The van der Waals surface area contributed by atoms with Crippen molar-refractivity contribution >= 4 is 28.8 Å². The molecule has 1 aliphatic carbocycles. The van der Waals surface area contributed by atoms with Crippen molar-refractivity contribution in [2.45, 2.75) is 44.7 Å². The number of carbonyl (C=O) groups is 2. The molecule has 0 spiro atoms. The van der Waals surface area contributed by atoms with E-state index in [4.69, 9.17) is 19.2 Å². The van der Waals surface area contributed by atoms with Gasteiger partial charge in [-0.2, -0.15) is 0 Å². The van der Waals surface area contributed by atoms with Crippen molar-refractivity contribution in [3.8, 4) is 11.5 Å². The lowest BCUT2D eigenvalue weighted by molar-refractivity contribution is -0.136. The van der Waals surface area contributed by atoms with Gasteiger partial charge in [0, 0.05) is 11.7 Å². The molecule has 1 fully saturated rings. The summed E-state index contributed by atoms with van der Waals surface area (Å²) in [4.78, 5) is 32.2. The van der Waals surface area contributed by atoms with Crippen molar-refractivity contribution in [2.24, 2.45) is 4.99 Å². The predicted molar refractivity (Wildman–Crippen MR) is 122 cm³/mol. The van der Waals surface area contributed by atoms with Crippen LogP contribution in [0.1, 0.15) is 44.2 Å². The van der Waals surface area contributed by atoms with Gasteiger partial charge >= 0.3 is 5.97 Å². The molecule has 3 aliphatic rings. The van der Waals surface area contributed by atoms with Gasteiger partial charge in [-0.1, -0.05) is 24.8 Å². The Bertz CT molecular complexity index is 1030. The van der Waals surface area contributed by atoms with E-state index in [1.54, 1.807) is 14.2 Å². The molecule has 0 saturated heterocycles. The van der Waals surface area contributed by atoms with Gasteiger partial charge in [-0.05, 0) is 42.4 Å². The third-order valence-corrected chi connectivity index (χ3v) is 6.53. The van der Waals surface area contributed by atoms with Crippen LogP contribution in [0, 0.1) is 0 Å². The molecular weight excluding hydrogens is 430 g/mol. The van der Waals surface area contributed by atoms with E-state index in [2.05, 4.69) is 5.32 Å². The highest BCUT2D eigenvalue weighted by atomic mass is 32.2. The van der Waals surface area contributed by atoms with Gasteiger partial charge in [-0.15, -0.1) is 0 Å². The number of thioether (sulfide) groups is 1. The van der Waals surface area contributed by atoms with Crippen LogP contribution >= 0.6 is 11.8 Å². The minimum atomic E-state index is -0.500. The number of nitrogens with zero attached hydrogens (tertiary/aromatic N) is 2. The van der Waals surface area contributed by atoms with Crippen molar-refractivity contribution < 1.29 is 23.8 Å². The summed E-state index contributed by atoms with van der Waals surface area (Å²) in [7, 11) is 4.52. The molecule has 1 aromatic carbocycles. The largest absolute Gasteiger partial charge is 0.493 e. The second kappa shape index (κ2) is 9.28. The van der Waals surface area contributed by atoms with Crippen LogP contribution in [-0.2, 0) is 14.3 Å². The van der Waals surface area contributed by atoms with E-state index in [1.807, 2.05) is 35.4 Å². The molecule has 0 aromatic heterocycles. The quantitative estimate of drug-likeness (QED) is 0.598. The molecule has 0 bridgehead atoms. The van der Waals surface area contributed by atoms with Crippen LogP contribution in [0.2, 0.25) is 0 Å². The molecule has 9 heteroatoms. The van der Waals surface area contributed by atoms with Crippen LogP contribution in [0.5, 0.6) is 11.5 Å². The zero-order valence-corrected chi connectivity index (χ0v) is 19.5. The normalized spacial score (nSPS) is 19.8. The highest BCUT2D eigenvalue weighted by molar-refractivity contribution is 8.16. The van der Waals surface area contributed by atoms with Crippen LogP contribution < -0.4 is 14.8 Å². The van der Waals surface area contributed by atoms with E-state index in [9.17, 15) is 9.59 Å². The number of benzene rings is 1. The molecule has 1 N–H and O–H groups in total. The van der Waals surface area contributed by atoms with Gasteiger partial charge in [0.2, 0.25) is 5.91 Å². The first-order valence-electron chi connectivity index (χ1n) is 10.6. The minimum absolute atomic E-state index is 0.0310. The summed E-state index contributed by atoms with van der Waals surface area (Å²) < 4.78 is 16.0. The van der Waals surface area contributed by atoms with Crippen molar-refractivity contribution in [2.75, 3.05) is 21.3 Å². The summed E-state index contributed by atoms with van der Waals surface area (Å²) >= 11 is 1.46. The molecule has 8 nitrogen and oxygen atoms in total. The Morgan fingerprint density at radius 1 is 1.19 bits per heavy atom. The SMILES string of the molecule is CCC1=C(C(=O)OC)C(c2ccc(OC)c(OC)c2)N2C(CC(=O)NC3CC3)=CSC2=N1. The van der Waals surface area contributed by atoms with Crippen LogP contribution in [0.3, 0.4) is 0 Å². The minimum Gasteiger partial charge on any atom is -0.493 e. The fourth-order valence-electron chi connectivity index (χ4n) is 3.92. The van der Waals surface area contributed by atoms with Crippen molar-refractivity contribution in [3.05, 3.63) is 46.1 Å². The van der Waals surface area contributed by atoms with E-state index in [-0.39, 0.29) is 18.4 Å². The third-order valence-electron chi connectivity index (χ3n) is 5.64. The first-order chi connectivity index (χ1) is 15.5. The Kier molecular flexibility index (Phi) is 6.45. The van der Waals surface area contributed by atoms with E-state index in [0.717, 1.165) is 29.3 Å². The number of amidine groups is 1. The van der Waals surface area contributed by atoms with Gasteiger partial charge in [0.1, 0.15) is 0 Å². The Hall–Kier alpha value is -2.94. The molecule has 1 amide bonds. The topological polar surface area (TPSA) is 89.5 Å². The number of esters is 1. The highest BCUT2D eigenvalue weighted by Crippen LogP contribution is 2.46. The van der Waals surface area contributed by atoms with Gasteiger partial charge < -0.3 is 24.4 Å². The van der Waals surface area contributed by atoms with Crippen molar-refractivity contribution in [3.63, 3.8) is 0 Å². The number of amides is 1. The molecule has 1 saturated carbocycles. The van der Waals surface area contributed by atoms with Gasteiger partial charge in [-0.25, -0.2) is 9.79 Å². The fraction of sp³-hybridized carbons (Fsp3) is 0.435. The summed E-state index contributed by atoms with van der Waals surface area (Å²) in [6.45, 7) is 1.96. The molecule has 2 aliphatic heterocycles. The monoisotopic (exact) mass is 457 g/mol. The summed E-state index contributed by atoms with van der Waals surface area (Å²) in [5.41, 5.74) is 2.75. The lowest BCUT2D eigenvalue weighted by atomic mass is 9.92. The lowest BCUT2D eigenvalue weighted by Crippen LogP contribution is -2.38. The molecule has 1 atom stereocenters. The number of ether oxygens (including phenoxy) is 3. The van der Waals surface area contributed by atoms with Crippen LogP contribution in [-0.4, -0.2) is 49.3 Å². The summed E-state index contributed by atoms with van der Waals surface area (Å²) in [6, 6.07) is 5.35.